The van der Waals surface area contributed by atoms with Crippen molar-refractivity contribution in [1.82, 2.24) is 4.98 Å². The second-order valence-electron chi connectivity index (χ2n) is 10.5. The molecule has 2 aliphatic carbocycles. The molecule has 3 aromatic rings. The summed E-state index contributed by atoms with van der Waals surface area (Å²) in [6, 6.07) is 23.7. The van der Waals surface area contributed by atoms with E-state index in [1.807, 2.05) is 12.3 Å². The molecule has 38 heavy (non-hydrogen) atoms. The Balaban J connectivity index is 0.000000804. The summed E-state index contributed by atoms with van der Waals surface area (Å²) in [6.07, 6.45) is 11.5. The number of aromatic nitrogens is 1. The number of anilines is 2. The molecule has 4 atom stereocenters. The first kappa shape index (κ1) is 29.2. The number of pyridine rings is 1. The van der Waals surface area contributed by atoms with Crippen LogP contribution < -0.4 is 4.57 Å². The monoisotopic (exact) mass is 595 g/mol. The molecule has 0 radical (unpaired) electrons. The first-order chi connectivity index (χ1) is 18.0. The topological polar surface area (TPSA) is 30.2 Å². The van der Waals surface area contributed by atoms with Crippen molar-refractivity contribution in [3.05, 3.63) is 110 Å². The fourth-order valence-electron chi connectivity index (χ4n) is 7.00. The average Bonchev–Trinajstić information content (AvgIpc) is 3.32. The minimum absolute atomic E-state index is 0. The molecule has 2 aromatic carbocycles. The predicted octanol–water partition coefficient (Wildman–Crippen LogP) is 10.6. The Kier molecular flexibility index (Phi) is 9.65. The number of halogens is 2. The van der Waals surface area contributed by atoms with Gasteiger partial charge in [-0.25, -0.2) is 0 Å². The van der Waals surface area contributed by atoms with Crippen LogP contribution in [-0.4, -0.2) is 13.2 Å². The quantitative estimate of drug-likeness (QED) is 0.222. The van der Waals surface area contributed by atoms with Gasteiger partial charge in [0.05, 0.1) is 5.69 Å². The molecule has 7 heteroatoms. The van der Waals surface area contributed by atoms with Crippen molar-refractivity contribution in [3.8, 4) is 0 Å². The van der Waals surface area contributed by atoms with Crippen molar-refractivity contribution in [2.24, 2.45) is 17.8 Å². The van der Waals surface area contributed by atoms with E-state index in [0.717, 1.165) is 17.1 Å². The van der Waals surface area contributed by atoms with E-state index in [4.69, 9.17) is 28.9 Å². The van der Waals surface area contributed by atoms with Crippen LogP contribution in [0.5, 0.6) is 0 Å². The van der Waals surface area contributed by atoms with Crippen molar-refractivity contribution in [2.45, 2.75) is 38.4 Å². The van der Waals surface area contributed by atoms with Gasteiger partial charge in [-0.3, -0.25) is 4.98 Å². The summed E-state index contributed by atoms with van der Waals surface area (Å²) in [4.78, 5) is 4.74. The first-order valence-corrected chi connectivity index (χ1v) is 20.3. The van der Waals surface area contributed by atoms with Crippen LogP contribution in [0, 0.1) is 25.2 Å². The van der Waals surface area contributed by atoms with E-state index in [9.17, 15) is 0 Å². The molecule has 1 aromatic heterocycles. The Morgan fingerprint density at radius 3 is 2.16 bits per heavy atom. The molecule has 0 bridgehead atoms. The van der Waals surface area contributed by atoms with E-state index in [2.05, 4.69) is 103 Å². The van der Waals surface area contributed by atoms with E-state index in [1.165, 1.54) is 29.8 Å². The van der Waals surface area contributed by atoms with Gasteiger partial charge in [-0.05, 0) is 59.6 Å². The van der Waals surface area contributed by atoms with E-state index < -0.39 is 25.3 Å². The Morgan fingerprint density at radius 1 is 0.974 bits per heavy atom. The second kappa shape index (κ2) is 12.6. The van der Waals surface area contributed by atoms with Crippen LogP contribution in [0.2, 0.25) is 18.6 Å². The molecule has 0 spiro atoms. The summed E-state index contributed by atoms with van der Waals surface area (Å²) in [7, 11) is 7.76. The summed E-state index contributed by atoms with van der Waals surface area (Å²) in [5, 5.41) is 5.02. The van der Waals surface area contributed by atoms with Gasteiger partial charge >= 0.3 is 35.6 Å². The molecule has 2 heterocycles. The summed E-state index contributed by atoms with van der Waals surface area (Å²) in [5.74, 6) is 1.79. The third-order valence-electron chi connectivity index (χ3n) is 8.32. The fraction of sp³-hybridized carbons (Fsp3) is 0.290. The molecule has 1 aliphatic heterocycles. The number of nitrogens with zero attached hydrogens (tertiary/aromatic N) is 3. The Labute approximate surface area is 246 Å². The fourth-order valence-corrected chi connectivity index (χ4v) is 11.7. The molecule has 3 aliphatic rings. The van der Waals surface area contributed by atoms with Crippen LogP contribution >= 0.6 is 18.6 Å². The number of fused-ring (bicyclic) bond motifs is 3. The standard InChI is InChI=1S/C30H32N3Si.CH3.2ClH.Ti/c1-4-21-20-24-22(25-14-9-10-19-31-25)12-11-13-23(24)30(21)34(2,3)33-28-17-7-5-15-26(28)32-27-16-6-8-18-29(27)33;;;;/h5-19,21,23-24,30H,4,20H2,1-3H3;1H3;2*1H;/q2*-1;;;+2/p-2/t21-,23+,24-,30?;;;;/m1..../s1. The third-order valence-corrected chi connectivity index (χ3v) is 12.4. The Bertz CT molecular complexity index is 1250. The van der Waals surface area contributed by atoms with Crippen molar-refractivity contribution in [3.63, 3.8) is 0 Å². The SMILES string of the molecule is CC[C@@H]1C[C@@H]2C(c3ccccn3)=CC=C[C@@H]2C1[Si](C)(C)N1c2ccccc2[N-]c2ccccc21.[CH3-].[Cl][Ti][Cl]. The number of para-hydroxylation sites is 4. The normalized spacial score (nSPS) is 22.9. The van der Waals surface area contributed by atoms with Gasteiger partial charge in [-0.2, -0.15) is 0 Å². The van der Waals surface area contributed by atoms with Gasteiger partial charge in [-0.15, -0.1) is 11.4 Å². The zero-order valence-electron chi connectivity index (χ0n) is 22.5. The molecule has 198 valence electrons. The van der Waals surface area contributed by atoms with E-state index in [1.54, 1.807) is 0 Å². The van der Waals surface area contributed by atoms with Gasteiger partial charge in [0, 0.05) is 17.6 Å². The molecular formula is C31H35Cl2N3SiTi-2. The zero-order chi connectivity index (χ0) is 26.0. The van der Waals surface area contributed by atoms with Crippen LogP contribution in [0.1, 0.15) is 25.5 Å². The van der Waals surface area contributed by atoms with Gasteiger partial charge < -0.3 is 17.3 Å². The van der Waals surface area contributed by atoms with Gasteiger partial charge in [0.1, 0.15) is 0 Å². The molecule has 1 unspecified atom stereocenters. The number of hydrogen-bond acceptors (Lipinski definition) is 2. The summed E-state index contributed by atoms with van der Waals surface area (Å²) >= 11 is -0.556. The van der Waals surface area contributed by atoms with Crippen LogP contribution in [0.3, 0.4) is 0 Å². The van der Waals surface area contributed by atoms with Gasteiger partial charge in [-0.1, -0.05) is 87.1 Å². The van der Waals surface area contributed by atoms with Crippen molar-refractivity contribution >= 4 is 55.2 Å². The summed E-state index contributed by atoms with van der Waals surface area (Å²) in [5.41, 5.74) is 7.95. The zero-order valence-corrected chi connectivity index (χ0v) is 26.6. The van der Waals surface area contributed by atoms with Gasteiger partial charge in [0.15, 0.2) is 8.24 Å². The molecule has 3 nitrogen and oxygen atoms in total. The van der Waals surface area contributed by atoms with Crippen molar-refractivity contribution in [2.75, 3.05) is 4.57 Å². The van der Waals surface area contributed by atoms with Crippen LogP contribution in [0.4, 0.5) is 22.7 Å². The van der Waals surface area contributed by atoms with Crippen molar-refractivity contribution in [1.29, 1.82) is 0 Å². The summed E-state index contributed by atoms with van der Waals surface area (Å²) < 4.78 is 2.73. The predicted molar refractivity (Wildman–Crippen MR) is 164 cm³/mol. The van der Waals surface area contributed by atoms with E-state index in [-0.39, 0.29) is 7.43 Å². The van der Waals surface area contributed by atoms with Crippen LogP contribution in [-0.2, 0) is 17.0 Å². The third kappa shape index (κ3) is 5.31. The van der Waals surface area contributed by atoms with Crippen LogP contribution in [0.15, 0.2) is 91.2 Å². The maximum absolute atomic E-state index is 5.02. The summed E-state index contributed by atoms with van der Waals surface area (Å²) in [6.45, 7) is 7.57. The number of hydrogen-bond donors (Lipinski definition) is 0. The number of allylic oxidation sites excluding steroid dienone is 4. The molecule has 0 N–H and O–H groups in total. The minimum atomic E-state index is -2.02. The maximum atomic E-state index is 5.02. The Hall–Kier alpha value is -1.82. The molecular weight excluding hydrogens is 561 g/mol. The van der Waals surface area contributed by atoms with E-state index in [0.29, 0.717) is 23.3 Å². The molecule has 1 saturated carbocycles. The second-order valence-corrected chi connectivity index (χ2v) is 17.5. The van der Waals surface area contributed by atoms with Crippen LogP contribution in [0.25, 0.3) is 10.9 Å². The number of rotatable bonds is 4. The van der Waals surface area contributed by atoms with Gasteiger partial charge in [0.25, 0.3) is 0 Å². The first-order valence-electron chi connectivity index (χ1n) is 13.0. The molecule has 0 saturated heterocycles. The molecule has 1 fully saturated rings. The average molecular weight is 597 g/mol. The van der Waals surface area contributed by atoms with Gasteiger partial charge in [0.2, 0.25) is 0 Å². The number of benzene rings is 2. The molecule has 6 rings (SSSR count). The molecule has 0 amide bonds. The Morgan fingerprint density at radius 2 is 1.58 bits per heavy atom. The van der Waals surface area contributed by atoms with E-state index >= 15 is 0 Å². The van der Waals surface area contributed by atoms with Crippen molar-refractivity contribution < 1.29 is 17.0 Å².